The number of imidazole rings is 1. The average molecular weight is 214 g/mol. The fraction of sp³-hybridized carbons (Fsp3) is 0.400. The fourth-order valence-electron chi connectivity index (χ4n) is 1.21. The number of nitrogens with one attached hydrogen (secondary N) is 1. The molecule has 0 aliphatic carbocycles. The van der Waals surface area contributed by atoms with Gasteiger partial charge in [-0.3, -0.25) is 0 Å². The predicted octanol–water partition coefficient (Wildman–Crippen LogP) is 0.128. The molecular formula is C10H10N6. The molecule has 0 saturated heterocycles. The molecule has 1 atom stereocenters. The van der Waals surface area contributed by atoms with Gasteiger partial charge in [0.15, 0.2) is 11.4 Å². The lowest BCUT2D eigenvalue weighted by Gasteiger charge is -2.21. The van der Waals surface area contributed by atoms with Crippen LogP contribution in [0.5, 0.6) is 0 Å². The molecule has 1 N–H and O–H groups in total. The number of nitriles is 3. The van der Waals surface area contributed by atoms with Crippen molar-refractivity contribution in [2.24, 2.45) is 0 Å². The lowest BCUT2D eigenvalue weighted by molar-refractivity contribution is 0.416. The summed E-state index contributed by atoms with van der Waals surface area (Å²) in [7, 11) is 1.66. The van der Waals surface area contributed by atoms with Gasteiger partial charge in [-0.15, -0.1) is 0 Å². The number of hydrogen-bond acceptors (Lipinski definition) is 5. The summed E-state index contributed by atoms with van der Waals surface area (Å²) in [4.78, 5) is 3.80. The second-order valence-corrected chi connectivity index (χ2v) is 3.49. The Hall–Kier alpha value is -2.36. The van der Waals surface area contributed by atoms with Crippen LogP contribution >= 0.6 is 0 Å². The van der Waals surface area contributed by atoms with Crippen LogP contribution in [0.4, 0.5) is 0 Å². The molecule has 0 aliphatic heterocycles. The molecule has 0 fully saturated rings. The molecule has 6 nitrogen and oxygen atoms in total. The van der Waals surface area contributed by atoms with E-state index in [9.17, 15) is 0 Å². The van der Waals surface area contributed by atoms with E-state index in [1.54, 1.807) is 14.0 Å². The topological polar surface area (TPSA) is 101 Å². The minimum absolute atomic E-state index is 0.0823. The molecule has 1 unspecified atom stereocenters. The summed E-state index contributed by atoms with van der Waals surface area (Å²) in [6.45, 7) is 1.97. The molecule has 0 spiro atoms. The van der Waals surface area contributed by atoms with E-state index >= 15 is 0 Å². The highest BCUT2D eigenvalue weighted by atomic mass is 15.1. The standard InChI is InChI=1S/C10H10N6/c1-10(5-13,14-2)6-16-7-15-8(3-11)9(16)4-12/h7,14H,6H2,1-2H3. The van der Waals surface area contributed by atoms with Crippen LogP contribution in [0, 0.1) is 34.0 Å². The second kappa shape index (κ2) is 4.44. The maximum absolute atomic E-state index is 8.98. The van der Waals surface area contributed by atoms with Gasteiger partial charge in [-0.05, 0) is 14.0 Å². The smallest absolute Gasteiger partial charge is 0.176 e. The summed E-state index contributed by atoms with van der Waals surface area (Å²) in [5.74, 6) is 0. The van der Waals surface area contributed by atoms with Gasteiger partial charge in [0.2, 0.25) is 0 Å². The van der Waals surface area contributed by atoms with Crippen molar-refractivity contribution in [2.45, 2.75) is 19.0 Å². The van der Waals surface area contributed by atoms with Crippen molar-refractivity contribution in [2.75, 3.05) is 7.05 Å². The quantitative estimate of drug-likeness (QED) is 0.770. The zero-order valence-electron chi connectivity index (χ0n) is 9.02. The largest absolute Gasteiger partial charge is 0.318 e. The third-order valence-corrected chi connectivity index (χ3v) is 2.33. The molecule has 80 valence electrons. The molecule has 1 aromatic heterocycles. The number of rotatable bonds is 3. The minimum atomic E-state index is -0.793. The summed E-state index contributed by atoms with van der Waals surface area (Å²) in [5.41, 5.74) is -0.530. The van der Waals surface area contributed by atoms with Gasteiger partial charge in [0.25, 0.3) is 0 Å². The molecule has 0 amide bonds. The van der Waals surface area contributed by atoms with Crippen LogP contribution < -0.4 is 5.32 Å². The Morgan fingerprint density at radius 3 is 2.56 bits per heavy atom. The lowest BCUT2D eigenvalue weighted by atomic mass is 10.1. The molecule has 1 rings (SSSR count). The van der Waals surface area contributed by atoms with Gasteiger partial charge >= 0.3 is 0 Å². The molecule has 6 heteroatoms. The maximum Gasteiger partial charge on any atom is 0.176 e. The van der Waals surface area contributed by atoms with Crippen molar-refractivity contribution >= 4 is 0 Å². The Morgan fingerprint density at radius 1 is 1.44 bits per heavy atom. The van der Waals surface area contributed by atoms with Gasteiger partial charge in [0.05, 0.1) is 18.9 Å². The lowest BCUT2D eigenvalue weighted by Crippen LogP contribution is -2.42. The summed E-state index contributed by atoms with van der Waals surface area (Å²) < 4.78 is 1.50. The Morgan fingerprint density at radius 2 is 2.12 bits per heavy atom. The highest BCUT2D eigenvalue weighted by molar-refractivity contribution is 5.36. The Balaban J connectivity index is 3.10. The van der Waals surface area contributed by atoms with Crippen LogP contribution in [0.15, 0.2) is 6.33 Å². The first kappa shape index (κ1) is 11.7. The molecule has 1 aromatic rings. The number of likely N-dealkylation sites (N-methyl/N-ethyl adjacent to an activating group) is 1. The van der Waals surface area contributed by atoms with E-state index in [1.165, 1.54) is 10.9 Å². The van der Waals surface area contributed by atoms with Gasteiger partial charge in [-0.25, -0.2) is 4.98 Å². The first-order valence-electron chi connectivity index (χ1n) is 4.55. The Kier molecular flexibility index (Phi) is 3.25. The molecule has 16 heavy (non-hydrogen) atoms. The van der Waals surface area contributed by atoms with Crippen LogP contribution in [-0.2, 0) is 6.54 Å². The van der Waals surface area contributed by atoms with Gasteiger partial charge in [-0.1, -0.05) is 0 Å². The molecule has 0 aromatic carbocycles. The minimum Gasteiger partial charge on any atom is -0.318 e. The van der Waals surface area contributed by atoms with E-state index in [0.29, 0.717) is 0 Å². The number of hydrogen-bond donors (Lipinski definition) is 1. The van der Waals surface area contributed by atoms with Crippen molar-refractivity contribution in [1.82, 2.24) is 14.9 Å². The van der Waals surface area contributed by atoms with Crippen LogP contribution in [0.25, 0.3) is 0 Å². The SMILES string of the molecule is CNC(C)(C#N)Cn1cnc(C#N)c1C#N. The van der Waals surface area contributed by atoms with Crippen molar-refractivity contribution < 1.29 is 0 Å². The maximum atomic E-state index is 8.98. The van der Waals surface area contributed by atoms with E-state index in [1.807, 2.05) is 12.1 Å². The van der Waals surface area contributed by atoms with Crippen LogP contribution in [0.3, 0.4) is 0 Å². The molecule has 0 saturated carbocycles. The average Bonchev–Trinajstić information content (AvgIpc) is 2.70. The van der Waals surface area contributed by atoms with E-state index in [-0.39, 0.29) is 17.9 Å². The highest BCUT2D eigenvalue weighted by Gasteiger charge is 2.24. The zero-order valence-corrected chi connectivity index (χ0v) is 9.02. The Bertz CT molecular complexity index is 509. The summed E-state index contributed by atoms with van der Waals surface area (Å²) >= 11 is 0. The van der Waals surface area contributed by atoms with Crippen molar-refractivity contribution in [1.29, 1.82) is 15.8 Å². The molecule has 1 heterocycles. The van der Waals surface area contributed by atoms with E-state index in [2.05, 4.69) is 16.4 Å². The van der Waals surface area contributed by atoms with Crippen LogP contribution in [0.2, 0.25) is 0 Å². The zero-order chi connectivity index (χ0) is 12.2. The van der Waals surface area contributed by atoms with Crippen molar-refractivity contribution in [3.8, 4) is 18.2 Å². The molecular weight excluding hydrogens is 204 g/mol. The highest BCUT2D eigenvalue weighted by Crippen LogP contribution is 2.11. The van der Waals surface area contributed by atoms with E-state index in [0.717, 1.165) is 0 Å². The van der Waals surface area contributed by atoms with Gasteiger partial charge < -0.3 is 9.88 Å². The normalized spacial score (nSPS) is 13.2. The van der Waals surface area contributed by atoms with Crippen molar-refractivity contribution in [3.05, 3.63) is 17.7 Å². The van der Waals surface area contributed by atoms with E-state index < -0.39 is 5.54 Å². The molecule has 0 aliphatic rings. The van der Waals surface area contributed by atoms with Crippen molar-refractivity contribution in [3.63, 3.8) is 0 Å². The van der Waals surface area contributed by atoms with Crippen LogP contribution in [0.1, 0.15) is 18.3 Å². The third kappa shape index (κ3) is 2.00. The first-order chi connectivity index (χ1) is 7.60. The van der Waals surface area contributed by atoms with Gasteiger partial charge in [-0.2, -0.15) is 15.8 Å². The second-order valence-electron chi connectivity index (χ2n) is 3.49. The van der Waals surface area contributed by atoms with Gasteiger partial charge in [0.1, 0.15) is 17.7 Å². The first-order valence-corrected chi connectivity index (χ1v) is 4.55. The number of nitrogens with zero attached hydrogens (tertiary/aromatic N) is 5. The third-order valence-electron chi connectivity index (χ3n) is 2.33. The summed E-state index contributed by atoms with van der Waals surface area (Å²) in [6, 6.07) is 5.84. The molecule has 0 bridgehead atoms. The summed E-state index contributed by atoms with van der Waals surface area (Å²) in [6.07, 6.45) is 1.39. The molecule has 0 radical (unpaired) electrons. The fourth-order valence-corrected chi connectivity index (χ4v) is 1.21. The monoisotopic (exact) mass is 214 g/mol. The summed E-state index contributed by atoms with van der Waals surface area (Å²) in [5, 5.41) is 29.4. The number of aromatic nitrogens is 2. The van der Waals surface area contributed by atoms with Gasteiger partial charge in [0, 0.05) is 0 Å². The Labute approximate surface area is 93.4 Å². The van der Waals surface area contributed by atoms with Crippen LogP contribution in [-0.4, -0.2) is 22.1 Å². The van der Waals surface area contributed by atoms with E-state index in [4.69, 9.17) is 15.8 Å². The predicted molar refractivity (Wildman–Crippen MR) is 54.7 cm³/mol.